The summed E-state index contributed by atoms with van der Waals surface area (Å²) in [6, 6.07) is 4.99. The van der Waals surface area contributed by atoms with Gasteiger partial charge in [-0.2, -0.15) is 0 Å². The quantitative estimate of drug-likeness (QED) is 0.621. The van der Waals surface area contributed by atoms with E-state index in [-0.39, 0.29) is 28.7 Å². The van der Waals surface area contributed by atoms with E-state index in [1.54, 1.807) is 0 Å². The second-order valence-corrected chi connectivity index (χ2v) is 5.31. The summed E-state index contributed by atoms with van der Waals surface area (Å²) >= 11 is 0. The molecule has 1 aromatic heterocycles. The molecular weight excluding hydrogens is 354 g/mol. The Morgan fingerprint density at radius 2 is 1.92 bits per heavy atom. The predicted octanol–water partition coefficient (Wildman–Crippen LogP) is 2.33. The van der Waals surface area contributed by atoms with Gasteiger partial charge in [-0.3, -0.25) is 9.59 Å². The Morgan fingerprint density at radius 3 is 2.62 bits per heavy atom. The summed E-state index contributed by atoms with van der Waals surface area (Å²) < 4.78 is 39.2. The van der Waals surface area contributed by atoms with Crippen molar-refractivity contribution in [2.75, 3.05) is 11.9 Å². The van der Waals surface area contributed by atoms with Crippen molar-refractivity contribution in [2.45, 2.75) is 13.2 Å². The molecule has 0 fully saturated rings. The molecule has 0 unspecified atom stereocenters. The number of carbonyl (C=O) groups excluding carboxylic acids is 3. The van der Waals surface area contributed by atoms with Gasteiger partial charge in [-0.05, 0) is 25.1 Å². The lowest BCUT2D eigenvalue weighted by atomic mass is 10.2. The van der Waals surface area contributed by atoms with Crippen molar-refractivity contribution in [3.05, 3.63) is 41.7 Å². The monoisotopic (exact) mass is 366 g/mol. The third-order valence-electron chi connectivity index (χ3n) is 3.33. The number of fused-ring (bicyclic) bond motifs is 1. The smallest absolute Gasteiger partial charge is 0.451 e. The molecule has 1 aliphatic rings. The molecule has 0 aliphatic carbocycles. The van der Waals surface area contributed by atoms with Crippen LogP contribution < -0.4 is 14.8 Å². The van der Waals surface area contributed by atoms with Crippen molar-refractivity contribution in [1.29, 1.82) is 0 Å². The summed E-state index contributed by atoms with van der Waals surface area (Å²) in [4.78, 5) is 37.4. The molecule has 8 nitrogen and oxygen atoms in total. The van der Waals surface area contributed by atoms with Gasteiger partial charge in [0.1, 0.15) is 5.69 Å². The van der Waals surface area contributed by atoms with Crippen LogP contribution in [-0.4, -0.2) is 35.5 Å². The van der Waals surface area contributed by atoms with Crippen LogP contribution in [0.5, 0.6) is 11.5 Å². The third-order valence-corrected chi connectivity index (χ3v) is 3.33. The van der Waals surface area contributed by atoms with Crippen LogP contribution in [0.4, 0.5) is 14.5 Å². The number of Topliss-reactive ketones (excluding diaryl/α,β-unsaturated/α-hetero) is 1. The Balaban J connectivity index is 1.55. The molecule has 0 saturated carbocycles. The number of alkyl halides is 2. The number of carbonyl (C=O) groups is 3. The maximum Gasteiger partial charge on any atom is 0.586 e. The maximum atomic E-state index is 12.9. The van der Waals surface area contributed by atoms with Gasteiger partial charge in [0.15, 0.2) is 23.9 Å². The minimum absolute atomic E-state index is 0.0216. The molecule has 0 saturated heterocycles. The first-order valence-corrected chi connectivity index (χ1v) is 7.30. The van der Waals surface area contributed by atoms with Crippen molar-refractivity contribution in [2.24, 2.45) is 0 Å². The van der Waals surface area contributed by atoms with E-state index in [4.69, 9.17) is 4.74 Å². The predicted molar refractivity (Wildman–Crippen MR) is 82.4 cm³/mol. The Morgan fingerprint density at radius 1 is 1.19 bits per heavy atom. The van der Waals surface area contributed by atoms with E-state index in [9.17, 15) is 23.2 Å². The minimum atomic E-state index is -3.75. The largest absolute Gasteiger partial charge is 0.586 e. The van der Waals surface area contributed by atoms with Crippen molar-refractivity contribution in [3.8, 4) is 11.5 Å². The number of ether oxygens (including phenoxy) is 3. The number of rotatable bonds is 5. The standard InChI is InChI=1S/C16H12F2N2O6/c1-8(21)9-4-11(19-6-9)15(23)24-7-14(22)20-10-2-3-12-13(5-10)26-16(17,18)25-12/h2-6,19H,7H2,1H3,(H,20,22). The number of nitrogens with one attached hydrogen (secondary N) is 2. The number of anilines is 1. The van der Waals surface area contributed by atoms with E-state index in [0.717, 1.165) is 6.07 Å². The number of hydrogen-bond acceptors (Lipinski definition) is 6. The lowest BCUT2D eigenvalue weighted by molar-refractivity contribution is -0.286. The molecule has 2 aromatic rings. The number of aromatic amines is 1. The van der Waals surface area contributed by atoms with Gasteiger partial charge in [0.05, 0.1) is 0 Å². The first kappa shape index (κ1) is 17.4. The molecule has 10 heteroatoms. The Labute approximate surface area is 145 Å². The van der Waals surface area contributed by atoms with Gasteiger partial charge in [0, 0.05) is 23.5 Å². The van der Waals surface area contributed by atoms with Gasteiger partial charge < -0.3 is 24.5 Å². The van der Waals surface area contributed by atoms with Crippen molar-refractivity contribution in [1.82, 2.24) is 4.98 Å². The number of H-pyrrole nitrogens is 1. The lowest BCUT2D eigenvalue weighted by Crippen LogP contribution is -2.25. The van der Waals surface area contributed by atoms with E-state index in [1.807, 2.05) is 0 Å². The summed E-state index contributed by atoms with van der Waals surface area (Å²) in [6.07, 6.45) is -2.41. The fourth-order valence-corrected chi connectivity index (χ4v) is 2.15. The zero-order valence-corrected chi connectivity index (χ0v) is 13.3. The molecule has 0 atom stereocenters. The second-order valence-electron chi connectivity index (χ2n) is 5.31. The van der Waals surface area contributed by atoms with Crippen molar-refractivity contribution in [3.63, 3.8) is 0 Å². The van der Waals surface area contributed by atoms with E-state index in [2.05, 4.69) is 19.8 Å². The zero-order valence-electron chi connectivity index (χ0n) is 13.3. The molecule has 26 heavy (non-hydrogen) atoms. The maximum absolute atomic E-state index is 12.9. The molecule has 3 rings (SSSR count). The summed E-state index contributed by atoms with van der Waals surface area (Å²) in [5.74, 6) is -2.13. The van der Waals surface area contributed by atoms with Crippen molar-refractivity contribution < 1.29 is 37.4 Å². The minimum Gasteiger partial charge on any atom is -0.451 e. The number of ketones is 1. The number of amides is 1. The van der Waals surface area contributed by atoms with Crippen LogP contribution in [-0.2, 0) is 9.53 Å². The molecule has 0 bridgehead atoms. The van der Waals surface area contributed by atoms with Crippen LogP contribution in [0.3, 0.4) is 0 Å². The highest BCUT2D eigenvalue weighted by atomic mass is 19.3. The van der Waals surface area contributed by atoms with E-state index >= 15 is 0 Å². The van der Waals surface area contributed by atoms with Crippen LogP contribution >= 0.6 is 0 Å². The van der Waals surface area contributed by atoms with Gasteiger partial charge in [0.25, 0.3) is 5.91 Å². The van der Waals surface area contributed by atoms with E-state index < -0.39 is 24.8 Å². The molecule has 1 aliphatic heterocycles. The van der Waals surface area contributed by atoms with Gasteiger partial charge in [-0.1, -0.05) is 0 Å². The molecule has 0 radical (unpaired) electrons. The summed E-state index contributed by atoms with van der Waals surface area (Å²) in [5, 5.41) is 2.37. The molecule has 1 aromatic carbocycles. The fourth-order valence-electron chi connectivity index (χ4n) is 2.15. The summed E-state index contributed by atoms with van der Waals surface area (Å²) in [7, 11) is 0. The SMILES string of the molecule is CC(=O)c1c[nH]c(C(=O)OCC(=O)Nc2ccc3c(c2)OC(F)(F)O3)c1. The van der Waals surface area contributed by atoms with Gasteiger partial charge in [-0.25, -0.2) is 4.79 Å². The van der Waals surface area contributed by atoms with Crippen LogP contribution in [0.1, 0.15) is 27.8 Å². The first-order valence-electron chi connectivity index (χ1n) is 7.30. The summed E-state index contributed by atoms with van der Waals surface area (Å²) in [6.45, 7) is 0.727. The summed E-state index contributed by atoms with van der Waals surface area (Å²) in [5.41, 5.74) is 0.483. The van der Waals surface area contributed by atoms with Crippen LogP contribution in [0.15, 0.2) is 30.5 Å². The Bertz CT molecular complexity index is 893. The molecule has 1 amide bonds. The highest BCUT2D eigenvalue weighted by molar-refractivity contribution is 5.98. The van der Waals surface area contributed by atoms with Gasteiger partial charge in [0.2, 0.25) is 0 Å². The fraction of sp³-hybridized carbons (Fsp3) is 0.188. The average molecular weight is 366 g/mol. The number of aromatic nitrogens is 1. The number of halogens is 2. The van der Waals surface area contributed by atoms with Crippen LogP contribution in [0.2, 0.25) is 0 Å². The first-order chi connectivity index (χ1) is 12.2. The molecule has 136 valence electrons. The molecule has 2 N–H and O–H groups in total. The normalized spacial score (nSPS) is 14.0. The number of esters is 1. The highest BCUT2D eigenvalue weighted by Crippen LogP contribution is 2.42. The van der Waals surface area contributed by atoms with Gasteiger partial charge >= 0.3 is 12.3 Å². The van der Waals surface area contributed by atoms with Crippen LogP contribution in [0.25, 0.3) is 0 Å². The number of benzene rings is 1. The Hall–Kier alpha value is -3.43. The van der Waals surface area contributed by atoms with Crippen molar-refractivity contribution >= 4 is 23.3 Å². The van der Waals surface area contributed by atoms with E-state index in [1.165, 1.54) is 31.3 Å². The lowest BCUT2D eigenvalue weighted by Gasteiger charge is -2.06. The molecular formula is C16H12F2N2O6. The zero-order chi connectivity index (χ0) is 18.9. The highest BCUT2D eigenvalue weighted by Gasteiger charge is 2.43. The van der Waals surface area contributed by atoms with Crippen LogP contribution in [0, 0.1) is 0 Å². The van der Waals surface area contributed by atoms with Gasteiger partial charge in [-0.15, -0.1) is 8.78 Å². The van der Waals surface area contributed by atoms with E-state index in [0.29, 0.717) is 5.56 Å². The second kappa shape index (κ2) is 6.47. The number of hydrogen-bond donors (Lipinski definition) is 2. The molecule has 2 heterocycles. The Kier molecular flexibility index (Phi) is 4.33. The average Bonchev–Trinajstić information content (AvgIpc) is 3.15. The third kappa shape index (κ3) is 3.79. The molecule has 0 spiro atoms. The topological polar surface area (TPSA) is 107 Å².